The summed E-state index contributed by atoms with van der Waals surface area (Å²) in [4.78, 5) is 25.6. The summed E-state index contributed by atoms with van der Waals surface area (Å²) in [5, 5.41) is 3.03. The SMILES string of the molecule is CCCCOC(=O)N1CCC(NC(=O)c2ccccc2)CC1. The molecule has 0 spiro atoms. The number of nitrogens with zero attached hydrogens (tertiary/aromatic N) is 1. The summed E-state index contributed by atoms with van der Waals surface area (Å²) in [6, 6.07) is 9.31. The molecule has 1 N–H and O–H groups in total. The van der Waals surface area contributed by atoms with E-state index in [9.17, 15) is 9.59 Å². The van der Waals surface area contributed by atoms with Crippen LogP contribution in [0.2, 0.25) is 0 Å². The Labute approximate surface area is 131 Å². The minimum Gasteiger partial charge on any atom is -0.449 e. The van der Waals surface area contributed by atoms with Crippen molar-refractivity contribution in [3.05, 3.63) is 35.9 Å². The first kappa shape index (κ1) is 16.3. The lowest BCUT2D eigenvalue weighted by Crippen LogP contribution is -2.46. The summed E-state index contributed by atoms with van der Waals surface area (Å²) >= 11 is 0. The molecule has 0 saturated carbocycles. The third kappa shape index (κ3) is 4.76. The maximum atomic E-state index is 12.1. The Hall–Kier alpha value is -2.04. The Balaban J connectivity index is 1.73. The molecule has 1 aliphatic heterocycles. The van der Waals surface area contributed by atoms with Crippen molar-refractivity contribution in [3.8, 4) is 0 Å². The van der Waals surface area contributed by atoms with Crippen LogP contribution in [-0.4, -0.2) is 42.6 Å². The number of likely N-dealkylation sites (tertiary alicyclic amines) is 1. The number of ether oxygens (including phenoxy) is 1. The molecule has 5 nitrogen and oxygen atoms in total. The van der Waals surface area contributed by atoms with Gasteiger partial charge in [-0.15, -0.1) is 0 Å². The van der Waals surface area contributed by atoms with E-state index in [-0.39, 0.29) is 18.0 Å². The number of benzene rings is 1. The standard InChI is InChI=1S/C17H24N2O3/c1-2-3-13-22-17(21)19-11-9-15(10-12-19)18-16(20)14-7-5-4-6-8-14/h4-8,15H,2-3,9-13H2,1H3,(H,18,20). The predicted octanol–water partition coefficient (Wildman–Crippen LogP) is 2.82. The fourth-order valence-corrected chi connectivity index (χ4v) is 2.46. The van der Waals surface area contributed by atoms with Crippen molar-refractivity contribution in [1.82, 2.24) is 10.2 Å². The lowest BCUT2D eigenvalue weighted by molar-refractivity contribution is 0.0836. The van der Waals surface area contributed by atoms with Gasteiger partial charge in [-0.2, -0.15) is 0 Å². The van der Waals surface area contributed by atoms with Gasteiger partial charge in [0.2, 0.25) is 0 Å². The predicted molar refractivity (Wildman–Crippen MR) is 84.8 cm³/mol. The highest BCUT2D eigenvalue weighted by Gasteiger charge is 2.24. The van der Waals surface area contributed by atoms with Crippen molar-refractivity contribution in [2.45, 2.75) is 38.6 Å². The number of carbonyl (C=O) groups is 2. The molecule has 1 fully saturated rings. The summed E-state index contributed by atoms with van der Waals surface area (Å²) < 4.78 is 5.21. The third-order valence-corrected chi connectivity index (χ3v) is 3.85. The van der Waals surface area contributed by atoms with Crippen molar-refractivity contribution in [2.75, 3.05) is 19.7 Å². The molecular formula is C17H24N2O3. The van der Waals surface area contributed by atoms with Gasteiger partial charge in [0.1, 0.15) is 0 Å². The Morgan fingerprint density at radius 3 is 2.55 bits per heavy atom. The molecule has 0 unspecified atom stereocenters. The Morgan fingerprint density at radius 1 is 1.23 bits per heavy atom. The summed E-state index contributed by atoms with van der Waals surface area (Å²) in [5.74, 6) is -0.0513. The number of hydrogen-bond acceptors (Lipinski definition) is 3. The number of piperidine rings is 1. The molecule has 1 heterocycles. The van der Waals surface area contributed by atoms with E-state index >= 15 is 0 Å². The smallest absolute Gasteiger partial charge is 0.409 e. The van der Waals surface area contributed by atoms with Crippen molar-refractivity contribution < 1.29 is 14.3 Å². The number of carbonyl (C=O) groups excluding carboxylic acids is 2. The third-order valence-electron chi connectivity index (χ3n) is 3.85. The number of hydrogen-bond donors (Lipinski definition) is 1. The monoisotopic (exact) mass is 304 g/mol. The molecule has 5 heteroatoms. The zero-order valence-corrected chi connectivity index (χ0v) is 13.1. The summed E-state index contributed by atoms with van der Waals surface area (Å²) in [6.07, 6.45) is 3.21. The molecule has 0 atom stereocenters. The van der Waals surface area contributed by atoms with E-state index < -0.39 is 0 Å². The fourth-order valence-electron chi connectivity index (χ4n) is 2.46. The highest BCUT2D eigenvalue weighted by molar-refractivity contribution is 5.94. The zero-order valence-electron chi connectivity index (χ0n) is 13.1. The number of amides is 2. The number of unbranched alkanes of at least 4 members (excludes halogenated alkanes) is 1. The lowest BCUT2D eigenvalue weighted by atomic mass is 10.0. The molecule has 2 rings (SSSR count). The number of rotatable bonds is 5. The minimum atomic E-state index is -0.235. The molecule has 2 amide bonds. The van der Waals surface area contributed by atoms with Crippen LogP contribution in [0.15, 0.2) is 30.3 Å². The van der Waals surface area contributed by atoms with Gasteiger partial charge in [0.15, 0.2) is 0 Å². The topological polar surface area (TPSA) is 58.6 Å². The van der Waals surface area contributed by atoms with Crippen LogP contribution in [0.5, 0.6) is 0 Å². The van der Waals surface area contributed by atoms with Crippen LogP contribution in [0, 0.1) is 0 Å². The normalized spacial score (nSPS) is 15.4. The molecule has 1 aliphatic rings. The van der Waals surface area contributed by atoms with Crippen LogP contribution in [0.25, 0.3) is 0 Å². The minimum absolute atomic E-state index is 0.0513. The van der Waals surface area contributed by atoms with Crippen molar-refractivity contribution >= 4 is 12.0 Å². The van der Waals surface area contributed by atoms with Crippen LogP contribution >= 0.6 is 0 Å². The average Bonchev–Trinajstić information content (AvgIpc) is 2.56. The summed E-state index contributed by atoms with van der Waals surface area (Å²) in [5.41, 5.74) is 0.670. The summed E-state index contributed by atoms with van der Waals surface area (Å²) in [7, 11) is 0. The maximum Gasteiger partial charge on any atom is 0.409 e. The molecule has 0 aliphatic carbocycles. The zero-order chi connectivity index (χ0) is 15.8. The van der Waals surface area contributed by atoms with Crippen LogP contribution < -0.4 is 5.32 Å². The molecule has 1 aromatic rings. The quantitative estimate of drug-likeness (QED) is 0.851. The van der Waals surface area contributed by atoms with E-state index in [0.29, 0.717) is 25.3 Å². The summed E-state index contributed by atoms with van der Waals surface area (Å²) in [6.45, 7) is 3.81. The van der Waals surface area contributed by atoms with Gasteiger partial charge in [0, 0.05) is 24.7 Å². The van der Waals surface area contributed by atoms with Crippen molar-refractivity contribution in [1.29, 1.82) is 0 Å². The molecule has 0 bridgehead atoms. The average molecular weight is 304 g/mol. The second-order valence-electron chi connectivity index (χ2n) is 5.57. The first-order valence-corrected chi connectivity index (χ1v) is 7.98. The van der Waals surface area contributed by atoms with Crippen LogP contribution in [0.3, 0.4) is 0 Å². The molecule has 22 heavy (non-hydrogen) atoms. The van der Waals surface area contributed by atoms with E-state index in [1.54, 1.807) is 17.0 Å². The second-order valence-corrected chi connectivity index (χ2v) is 5.57. The lowest BCUT2D eigenvalue weighted by Gasteiger charge is -2.31. The van der Waals surface area contributed by atoms with Gasteiger partial charge in [-0.05, 0) is 31.4 Å². The Kier molecular flexibility index (Phi) is 6.25. The van der Waals surface area contributed by atoms with E-state index in [1.165, 1.54) is 0 Å². The van der Waals surface area contributed by atoms with E-state index in [0.717, 1.165) is 25.7 Å². The van der Waals surface area contributed by atoms with Crippen molar-refractivity contribution in [3.63, 3.8) is 0 Å². The highest BCUT2D eigenvalue weighted by Crippen LogP contribution is 2.12. The van der Waals surface area contributed by atoms with Gasteiger partial charge in [0.25, 0.3) is 5.91 Å². The molecule has 0 radical (unpaired) electrons. The Morgan fingerprint density at radius 2 is 1.91 bits per heavy atom. The van der Waals surface area contributed by atoms with E-state index in [4.69, 9.17) is 4.74 Å². The molecule has 1 saturated heterocycles. The highest BCUT2D eigenvalue weighted by atomic mass is 16.6. The van der Waals surface area contributed by atoms with Crippen molar-refractivity contribution in [2.24, 2.45) is 0 Å². The van der Waals surface area contributed by atoms with Gasteiger partial charge in [-0.3, -0.25) is 4.79 Å². The second kappa shape index (κ2) is 8.41. The van der Waals surface area contributed by atoms with Gasteiger partial charge < -0.3 is 15.0 Å². The van der Waals surface area contributed by atoms with Gasteiger partial charge in [-0.1, -0.05) is 31.5 Å². The van der Waals surface area contributed by atoms with Gasteiger partial charge >= 0.3 is 6.09 Å². The van der Waals surface area contributed by atoms with Crippen LogP contribution in [0.1, 0.15) is 43.0 Å². The van der Waals surface area contributed by atoms with Gasteiger partial charge in [0.05, 0.1) is 6.61 Å². The van der Waals surface area contributed by atoms with Gasteiger partial charge in [-0.25, -0.2) is 4.79 Å². The fraction of sp³-hybridized carbons (Fsp3) is 0.529. The molecular weight excluding hydrogens is 280 g/mol. The Bertz CT molecular complexity index is 482. The van der Waals surface area contributed by atoms with E-state index in [1.807, 2.05) is 18.2 Å². The maximum absolute atomic E-state index is 12.1. The van der Waals surface area contributed by atoms with Crippen LogP contribution in [0.4, 0.5) is 4.79 Å². The van der Waals surface area contributed by atoms with E-state index in [2.05, 4.69) is 12.2 Å². The van der Waals surface area contributed by atoms with Crippen LogP contribution in [-0.2, 0) is 4.74 Å². The molecule has 1 aromatic carbocycles. The largest absolute Gasteiger partial charge is 0.449 e. The molecule has 0 aromatic heterocycles. The molecule has 120 valence electrons. The first-order valence-electron chi connectivity index (χ1n) is 7.98. The first-order chi connectivity index (χ1) is 10.7. The number of nitrogens with one attached hydrogen (secondary N) is 1.